The van der Waals surface area contributed by atoms with Crippen LogP contribution in [0.4, 0.5) is 5.69 Å². The van der Waals surface area contributed by atoms with E-state index in [0.717, 1.165) is 22.5 Å². The Balaban J connectivity index is 1.53. The van der Waals surface area contributed by atoms with Gasteiger partial charge in [0.2, 0.25) is 5.91 Å². The molecule has 4 aromatic rings. The van der Waals surface area contributed by atoms with Gasteiger partial charge in [-0.25, -0.2) is 4.98 Å². The van der Waals surface area contributed by atoms with Crippen LogP contribution in [0.15, 0.2) is 66.7 Å². The number of aryl methyl sites for hydroxylation is 1. The standard InChI is InChI=1S/C27H27N3O3/c1-18-7-6-8-19(13-18)16-30-23-10-5-4-9-22(23)28-27(30)20-14-26(31)29(17-20)24-15-21(32-2)11-12-25(24)33-3/h4-13,15,20H,14,16-17H2,1-3H3/t20-/m0/s1. The lowest BCUT2D eigenvalue weighted by Crippen LogP contribution is -2.25. The first-order valence-corrected chi connectivity index (χ1v) is 11.1. The summed E-state index contributed by atoms with van der Waals surface area (Å²) in [6, 6.07) is 22.2. The summed E-state index contributed by atoms with van der Waals surface area (Å²) in [6.45, 7) is 3.36. The van der Waals surface area contributed by atoms with Gasteiger partial charge in [-0.15, -0.1) is 0 Å². The van der Waals surface area contributed by atoms with E-state index in [-0.39, 0.29) is 11.8 Å². The zero-order chi connectivity index (χ0) is 22.9. The molecule has 6 heteroatoms. The SMILES string of the molecule is COc1ccc(OC)c(N2C[C@@H](c3nc4ccccc4n3Cc3cccc(C)c3)CC2=O)c1. The Hall–Kier alpha value is -3.80. The molecule has 5 rings (SSSR count). The van der Waals surface area contributed by atoms with Gasteiger partial charge in [0.1, 0.15) is 17.3 Å². The molecule has 168 valence electrons. The second-order valence-corrected chi connectivity index (χ2v) is 8.48. The highest BCUT2D eigenvalue weighted by Crippen LogP contribution is 2.39. The topological polar surface area (TPSA) is 56.6 Å². The van der Waals surface area contributed by atoms with E-state index in [2.05, 4.69) is 41.8 Å². The maximum Gasteiger partial charge on any atom is 0.227 e. The second-order valence-electron chi connectivity index (χ2n) is 8.48. The van der Waals surface area contributed by atoms with Crippen LogP contribution < -0.4 is 14.4 Å². The van der Waals surface area contributed by atoms with E-state index in [1.165, 1.54) is 11.1 Å². The van der Waals surface area contributed by atoms with Crippen LogP contribution in [0, 0.1) is 6.92 Å². The zero-order valence-electron chi connectivity index (χ0n) is 19.1. The molecule has 3 aromatic carbocycles. The third kappa shape index (κ3) is 3.93. The van der Waals surface area contributed by atoms with Crippen LogP contribution >= 0.6 is 0 Å². The van der Waals surface area contributed by atoms with Crippen LogP contribution in [0.1, 0.15) is 29.3 Å². The summed E-state index contributed by atoms with van der Waals surface area (Å²) in [7, 11) is 3.23. The zero-order valence-corrected chi connectivity index (χ0v) is 19.1. The highest BCUT2D eigenvalue weighted by atomic mass is 16.5. The number of carbonyl (C=O) groups is 1. The van der Waals surface area contributed by atoms with Crippen LogP contribution in [0.2, 0.25) is 0 Å². The Morgan fingerprint density at radius 1 is 1.00 bits per heavy atom. The van der Waals surface area contributed by atoms with Crippen molar-refractivity contribution < 1.29 is 14.3 Å². The molecule has 0 bridgehead atoms. The minimum atomic E-state index is -0.0226. The molecule has 0 spiro atoms. The second kappa shape index (κ2) is 8.62. The number of aromatic nitrogens is 2. The van der Waals surface area contributed by atoms with Gasteiger partial charge >= 0.3 is 0 Å². The average Bonchev–Trinajstić information content (AvgIpc) is 3.39. The number of hydrogen-bond donors (Lipinski definition) is 0. The Morgan fingerprint density at radius 2 is 1.85 bits per heavy atom. The quantitative estimate of drug-likeness (QED) is 0.426. The third-order valence-corrected chi connectivity index (χ3v) is 6.27. The first kappa shape index (κ1) is 21.1. The highest BCUT2D eigenvalue weighted by molar-refractivity contribution is 5.98. The third-order valence-electron chi connectivity index (χ3n) is 6.27. The molecule has 1 aliphatic rings. The number of rotatable bonds is 6. The van der Waals surface area contributed by atoms with Gasteiger partial charge in [0, 0.05) is 31.5 Å². The lowest BCUT2D eigenvalue weighted by molar-refractivity contribution is -0.117. The molecular weight excluding hydrogens is 414 g/mol. The van der Waals surface area contributed by atoms with E-state index in [1.807, 2.05) is 36.4 Å². The maximum absolute atomic E-state index is 13.1. The molecule has 1 atom stereocenters. The van der Waals surface area contributed by atoms with Crippen LogP contribution in [-0.2, 0) is 11.3 Å². The van der Waals surface area contributed by atoms with Gasteiger partial charge in [0.25, 0.3) is 0 Å². The molecule has 1 fully saturated rings. The van der Waals surface area contributed by atoms with Crippen LogP contribution in [0.5, 0.6) is 11.5 Å². The summed E-state index contributed by atoms with van der Waals surface area (Å²) < 4.78 is 13.2. The van der Waals surface area contributed by atoms with E-state index in [4.69, 9.17) is 14.5 Å². The molecule has 33 heavy (non-hydrogen) atoms. The van der Waals surface area contributed by atoms with E-state index >= 15 is 0 Å². The Kier molecular flexibility index (Phi) is 5.50. The average molecular weight is 442 g/mol. The van der Waals surface area contributed by atoms with Crippen molar-refractivity contribution in [3.8, 4) is 11.5 Å². The fraction of sp³-hybridized carbons (Fsp3) is 0.259. The molecule has 1 saturated heterocycles. The minimum Gasteiger partial charge on any atom is -0.497 e. The minimum absolute atomic E-state index is 0.0226. The van der Waals surface area contributed by atoms with Gasteiger partial charge in [-0.1, -0.05) is 42.0 Å². The molecule has 1 amide bonds. The summed E-state index contributed by atoms with van der Waals surface area (Å²) in [6.07, 6.45) is 0.400. The molecule has 1 aliphatic heterocycles. The molecule has 0 saturated carbocycles. The van der Waals surface area contributed by atoms with E-state index in [0.29, 0.717) is 31.0 Å². The Labute approximate surface area is 193 Å². The van der Waals surface area contributed by atoms with Crippen molar-refractivity contribution in [1.29, 1.82) is 0 Å². The maximum atomic E-state index is 13.1. The van der Waals surface area contributed by atoms with Crippen molar-refractivity contribution in [2.75, 3.05) is 25.7 Å². The lowest BCUT2D eigenvalue weighted by Gasteiger charge is -2.20. The van der Waals surface area contributed by atoms with Crippen molar-refractivity contribution in [3.63, 3.8) is 0 Å². The van der Waals surface area contributed by atoms with Gasteiger partial charge in [0.05, 0.1) is 30.9 Å². The van der Waals surface area contributed by atoms with Crippen molar-refractivity contribution in [2.24, 2.45) is 0 Å². The number of hydrogen-bond acceptors (Lipinski definition) is 4. The van der Waals surface area contributed by atoms with Gasteiger partial charge in [-0.3, -0.25) is 4.79 Å². The molecule has 0 unspecified atom stereocenters. The number of nitrogens with zero attached hydrogens (tertiary/aromatic N) is 3. The number of anilines is 1. The molecule has 1 aromatic heterocycles. The van der Waals surface area contributed by atoms with Crippen LogP contribution in [0.25, 0.3) is 11.0 Å². The van der Waals surface area contributed by atoms with Crippen molar-refractivity contribution in [1.82, 2.24) is 9.55 Å². The number of ether oxygens (including phenoxy) is 2. The van der Waals surface area contributed by atoms with Gasteiger partial charge in [-0.05, 0) is 36.8 Å². The fourth-order valence-corrected chi connectivity index (χ4v) is 4.69. The van der Waals surface area contributed by atoms with E-state index in [9.17, 15) is 4.79 Å². The predicted molar refractivity (Wildman–Crippen MR) is 129 cm³/mol. The smallest absolute Gasteiger partial charge is 0.227 e. The Bertz CT molecular complexity index is 1330. The van der Waals surface area contributed by atoms with Crippen LogP contribution in [0.3, 0.4) is 0 Å². The summed E-state index contributed by atoms with van der Waals surface area (Å²) >= 11 is 0. The lowest BCUT2D eigenvalue weighted by atomic mass is 10.1. The summed E-state index contributed by atoms with van der Waals surface area (Å²) in [5.74, 6) is 2.31. The van der Waals surface area contributed by atoms with E-state index < -0.39 is 0 Å². The number of carbonyl (C=O) groups excluding carboxylic acids is 1. The highest BCUT2D eigenvalue weighted by Gasteiger charge is 2.36. The number of fused-ring (bicyclic) bond motifs is 1. The number of amides is 1. The van der Waals surface area contributed by atoms with Gasteiger partial charge in [-0.2, -0.15) is 0 Å². The van der Waals surface area contributed by atoms with Crippen molar-refractivity contribution in [2.45, 2.75) is 25.8 Å². The predicted octanol–water partition coefficient (Wildman–Crippen LogP) is 4.93. The molecule has 2 heterocycles. The first-order valence-electron chi connectivity index (χ1n) is 11.1. The summed E-state index contributed by atoms with van der Waals surface area (Å²) in [4.78, 5) is 19.9. The molecular formula is C27H27N3O3. The molecule has 0 aliphatic carbocycles. The van der Waals surface area contributed by atoms with E-state index in [1.54, 1.807) is 19.1 Å². The van der Waals surface area contributed by atoms with Crippen molar-refractivity contribution in [3.05, 3.63) is 83.7 Å². The monoisotopic (exact) mass is 441 g/mol. The normalized spacial score (nSPS) is 15.9. The van der Waals surface area contributed by atoms with Gasteiger partial charge < -0.3 is 18.9 Å². The van der Waals surface area contributed by atoms with Crippen LogP contribution in [-0.4, -0.2) is 36.2 Å². The largest absolute Gasteiger partial charge is 0.497 e. The van der Waals surface area contributed by atoms with Crippen molar-refractivity contribution >= 4 is 22.6 Å². The number of benzene rings is 3. The summed E-state index contributed by atoms with van der Waals surface area (Å²) in [5, 5.41) is 0. The fourth-order valence-electron chi connectivity index (χ4n) is 4.69. The molecule has 0 N–H and O–H groups in total. The summed E-state index contributed by atoms with van der Waals surface area (Å²) in [5.41, 5.74) is 5.20. The Morgan fingerprint density at radius 3 is 2.64 bits per heavy atom. The number of imidazole rings is 1. The van der Waals surface area contributed by atoms with Gasteiger partial charge in [0.15, 0.2) is 0 Å². The number of para-hydroxylation sites is 2. The molecule has 0 radical (unpaired) electrons. The first-order chi connectivity index (χ1) is 16.1. The number of methoxy groups -OCH3 is 2. The molecule has 6 nitrogen and oxygen atoms in total.